The molecule has 106 valence electrons. The number of nitrogens with one attached hydrogen (secondary N) is 1. The number of rotatable bonds is 3. The van der Waals surface area contributed by atoms with Gasteiger partial charge in [0, 0.05) is 6.04 Å². The van der Waals surface area contributed by atoms with Crippen LogP contribution in [0.5, 0.6) is 0 Å². The first-order valence-electron chi connectivity index (χ1n) is 6.54. The van der Waals surface area contributed by atoms with Gasteiger partial charge in [-0.2, -0.15) is 13.2 Å². The fourth-order valence-electron chi connectivity index (χ4n) is 2.47. The Kier molecular flexibility index (Phi) is 4.47. The summed E-state index contributed by atoms with van der Waals surface area (Å²) in [5.74, 6) is 0. The minimum atomic E-state index is -4.33. The summed E-state index contributed by atoms with van der Waals surface area (Å²) in [5.41, 5.74) is -0.136. The number of hydrogen-bond acceptors (Lipinski definition) is 2. The van der Waals surface area contributed by atoms with Gasteiger partial charge in [-0.25, -0.2) is 0 Å². The Morgan fingerprint density at radius 1 is 1.32 bits per heavy atom. The van der Waals surface area contributed by atoms with E-state index in [2.05, 4.69) is 5.32 Å². The molecule has 2 rings (SSSR count). The van der Waals surface area contributed by atoms with Crippen molar-refractivity contribution in [2.75, 3.05) is 6.54 Å². The Labute approximate surface area is 110 Å². The zero-order chi connectivity index (χ0) is 13.9. The van der Waals surface area contributed by atoms with Crippen molar-refractivity contribution in [3.8, 4) is 0 Å². The zero-order valence-corrected chi connectivity index (χ0v) is 10.6. The van der Waals surface area contributed by atoms with Gasteiger partial charge < -0.3 is 10.4 Å². The summed E-state index contributed by atoms with van der Waals surface area (Å²) in [5, 5.41) is 13.3. The van der Waals surface area contributed by atoms with Crippen LogP contribution in [0.4, 0.5) is 13.2 Å². The molecule has 1 aromatic carbocycles. The van der Waals surface area contributed by atoms with E-state index in [9.17, 15) is 18.3 Å². The largest absolute Gasteiger partial charge is 0.416 e. The van der Waals surface area contributed by atoms with Crippen LogP contribution in [-0.2, 0) is 12.6 Å². The third-order valence-electron chi connectivity index (χ3n) is 3.51. The zero-order valence-electron chi connectivity index (χ0n) is 10.6. The van der Waals surface area contributed by atoms with Gasteiger partial charge in [-0.05, 0) is 37.4 Å². The van der Waals surface area contributed by atoms with E-state index in [1.54, 1.807) is 6.07 Å². The van der Waals surface area contributed by atoms with Gasteiger partial charge in [-0.15, -0.1) is 0 Å². The van der Waals surface area contributed by atoms with Crippen LogP contribution < -0.4 is 5.32 Å². The molecule has 2 nitrogen and oxygen atoms in total. The van der Waals surface area contributed by atoms with Crippen molar-refractivity contribution >= 4 is 0 Å². The van der Waals surface area contributed by atoms with Gasteiger partial charge in [0.05, 0.1) is 11.7 Å². The third kappa shape index (κ3) is 3.94. The van der Waals surface area contributed by atoms with Crippen molar-refractivity contribution in [2.24, 2.45) is 0 Å². The van der Waals surface area contributed by atoms with Gasteiger partial charge in [0.15, 0.2) is 0 Å². The highest BCUT2D eigenvalue weighted by atomic mass is 19.4. The molecule has 1 aliphatic rings. The summed E-state index contributed by atoms with van der Waals surface area (Å²) in [7, 11) is 0. The van der Waals surface area contributed by atoms with Gasteiger partial charge in [-0.3, -0.25) is 0 Å². The number of benzene rings is 1. The number of alkyl halides is 3. The van der Waals surface area contributed by atoms with E-state index >= 15 is 0 Å². The van der Waals surface area contributed by atoms with Gasteiger partial charge in [0.25, 0.3) is 0 Å². The van der Waals surface area contributed by atoms with Crippen molar-refractivity contribution in [1.82, 2.24) is 5.32 Å². The molecule has 0 spiro atoms. The molecule has 1 fully saturated rings. The van der Waals surface area contributed by atoms with Gasteiger partial charge in [0.2, 0.25) is 0 Å². The molecule has 1 heterocycles. The minimum Gasteiger partial charge on any atom is -0.391 e. The predicted octanol–water partition coefficient (Wildman–Crippen LogP) is 2.75. The maximum absolute atomic E-state index is 12.6. The molecule has 5 heteroatoms. The molecule has 19 heavy (non-hydrogen) atoms. The van der Waals surface area contributed by atoms with Crippen LogP contribution in [0.3, 0.4) is 0 Å². The molecule has 1 aliphatic heterocycles. The smallest absolute Gasteiger partial charge is 0.391 e. The quantitative estimate of drug-likeness (QED) is 0.887. The lowest BCUT2D eigenvalue weighted by Crippen LogP contribution is -2.44. The second-order valence-corrected chi connectivity index (χ2v) is 5.03. The van der Waals surface area contributed by atoms with Gasteiger partial charge >= 0.3 is 6.18 Å². The Bertz CT molecular complexity index is 413. The first-order chi connectivity index (χ1) is 8.97. The molecule has 2 atom stereocenters. The summed E-state index contributed by atoms with van der Waals surface area (Å²) in [4.78, 5) is 0. The van der Waals surface area contributed by atoms with E-state index in [1.807, 2.05) is 0 Å². The van der Waals surface area contributed by atoms with E-state index in [0.717, 1.165) is 37.9 Å². The number of aliphatic hydroxyl groups excluding tert-OH is 1. The lowest BCUT2D eigenvalue weighted by Gasteiger charge is -2.28. The molecule has 0 aliphatic carbocycles. The van der Waals surface area contributed by atoms with Gasteiger partial charge in [0.1, 0.15) is 0 Å². The Morgan fingerprint density at radius 3 is 2.74 bits per heavy atom. The summed E-state index contributed by atoms with van der Waals surface area (Å²) < 4.78 is 37.8. The van der Waals surface area contributed by atoms with Crippen molar-refractivity contribution in [3.63, 3.8) is 0 Å². The number of aliphatic hydroxyl groups is 1. The molecule has 0 amide bonds. The van der Waals surface area contributed by atoms with Crippen LogP contribution in [0.2, 0.25) is 0 Å². The molecule has 0 saturated carbocycles. The normalized spacial score (nSPS) is 22.2. The molecule has 0 aromatic heterocycles. The number of halogens is 3. The molecular weight excluding hydrogens is 255 g/mol. The van der Waals surface area contributed by atoms with Crippen molar-refractivity contribution < 1.29 is 18.3 Å². The van der Waals surface area contributed by atoms with Crippen LogP contribution in [0.1, 0.15) is 30.4 Å². The molecule has 2 N–H and O–H groups in total. The molecular formula is C14H18F3NO. The molecule has 0 radical (unpaired) electrons. The second kappa shape index (κ2) is 5.92. The Morgan fingerprint density at radius 2 is 2.11 bits per heavy atom. The van der Waals surface area contributed by atoms with Crippen LogP contribution in [-0.4, -0.2) is 23.8 Å². The van der Waals surface area contributed by atoms with E-state index in [4.69, 9.17) is 0 Å². The lowest BCUT2D eigenvalue weighted by atomic mass is 9.94. The lowest BCUT2D eigenvalue weighted by molar-refractivity contribution is -0.137. The third-order valence-corrected chi connectivity index (χ3v) is 3.51. The van der Waals surface area contributed by atoms with Crippen LogP contribution in [0.15, 0.2) is 24.3 Å². The maximum Gasteiger partial charge on any atom is 0.416 e. The van der Waals surface area contributed by atoms with Crippen molar-refractivity contribution in [1.29, 1.82) is 0 Å². The summed E-state index contributed by atoms with van der Waals surface area (Å²) in [6, 6.07) is 5.17. The summed E-state index contributed by atoms with van der Waals surface area (Å²) in [6.07, 6.45) is -1.70. The van der Waals surface area contributed by atoms with Gasteiger partial charge in [-0.1, -0.05) is 24.6 Å². The topological polar surface area (TPSA) is 32.3 Å². The van der Waals surface area contributed by atoms with Crippen LogP contribution >= 0.6 is 0 Å². The highest BCUT2D eigenvalue weighted by molar-refractivity contribution is 5.26. The Balaban J connectivity index is 2.02. The number of hydrogen-bond donors (Lipinski definition) is 2. The molecule has 0 bridgehead atoms. The van der Waals surface area contributed by atoms with Crippen LogP contribution in [0, 0.1) is 0 Å². The standard InChI is InChI=1S/C14H18F3NO/c15-14(16,17)11-5-3-4-10(8-11)9-13(19)12-6-1-2-7-18-12/h3-5,8,12-13,18-19H,1-2,6-7,9H2. The summed E-state index contributed by atoms with van der Waals surface area (Å²) in [6.45, 7) is 0.865. The Hall–Kier alpha value is -1.07. The van der Waals surface area contributed by atoms with Crippen molar-refractivity contribution in [3.05, 3.63) is 35.4 Å². The highest BCUT2D eigenvalue weighted by Gasteiger charge is 2.30. The van der Waals surface area contributed by atoms with E-state index < -0.39 is 17.8 Å². The molecule has 1 saturated heterocycles. The average molecular weight is 273 g/mol. The average Bonchev–Trinajstić information content (AvgIpc) is 2.39. The first kappa shape index (κ1) is 14.3. The predicted molar refractivity (Wildman–Crippen MR) is 66.8 cm³/mol. The molecule has 2 unspecified atom stereocenters. The van der Waals surface area contributed by atoms with E-state index in [1.165, 1.54) is 6.07 Å². The van der Waals surface area contributed by atoms with E-state index in [-0.39, 0.29) is 12.5 Å². The highest BCUT2D eigenvalue weighted by Crippen LogP contribution is 2.30. The second-order valence-electron chi connectivity index (χ2n) is 5.03. The monoisotopic (exact) mass is 273 g/mol. The maximum atomic E-state index is 12.6. The van der Waals surface area contributed by atoms with E-state index in [0.29, 0.717) is 5.56 Å². The summed E-state index contributed by atoms with van der Waals surface area (Å²) >= 11 is 0. The molecule has 1 aromatic rings. The van der Waals surface area contributed by atoms with Crippen LogP contribution in [0.25, 0.3) is 0 Å². The number of piperidine rings is 1. The fraction of sp³-hybridized carbons (Fsp3) is 0.571. The van der Waals surface area contributed by atoms with Crippen molar-refractivity contribution in [2.45, 2.75) is 44.0 Å². The fourth-order valence-corrected chi connectivity index (χ4v) is 2.47. The SMILES string of the molecule is OC(Cc1cccc(C(F)(F)F)c1)C1CCCCN1. The minimum absolute atomic E-state index is 0.0108. The first-order valence-corrected chi connectivity index (χ1v) is 6.54.